The van der Waals surface area contributed by atoms with Crippen molar-refractivity contribution in [3.05, 3.63) is 46.9 Å². The highest BCUT2D eigenvalue weighted by molar-refractivity contribution is 6.33. The molecule has 0 spiro atoms. The molecule has 3 N–H and O–H groups in total. The lowest BCUT2D eigenvalue weighted by Gasteiger charge is -2.11. The van der Waals surface area contributed by atoms with E-state index in [1.807, 2.05) is 6.92 Å². The van der Waals surface area contributed by atoms with Gasteiger partial charge in [-0.25, -0.2) is 9.37 Å². The molecule has 0 aliphatic rings. The molecule has 1 heterocycles. The zero-order valence-corrected chi connectivity index (χ0v) is 9.92. The Bertz CT molecular complexity index is 537. The monoisotopic (exact) mass is 251 g/mol. The van der Waals surface area contributed by atoms with Crippen LogP contribution in [0.3, 0.4) is 0 Å². The van der Waals surface area contributed by atoms with Crippen molar-refractivity contribution in [1.82, 2.24) is 4.98 Å². The maximum atomic E-state index is 13.5. The number of pyridine rings is 1. The van der Waals surface area contributed by atoms with E-state index in [-0.39, 0.29) is 5.69 Å². The Balaban J connectivity index is 2.38. The number of nitrogens with one attached hydrogen (secondary N) is 1. The second kappa shape index (κ2) is 4.59. The van der Waals surface area contributed by atoms with Gasteiger partial charge in [0, 0.05) is 0 Å². The van der Waals surface area contributed by atoms with Gasteiger partial charge in [0.2, 0.25) is 0 Å². The highest BCUT2D eigenvalue weighted by atomic mass is 35.5. The molecule has 0 saturated carbocycles. The molecular formula is C12H11ClFN3. The number of nitrogen functional groups attached to an aromatic ring is 1. The van der Waals surface area contributed by atoms with Crippen LogP contribution in [-0.2, 0) is 0 Å². The number of benzene rings is 1. The molecule has 17 heavy (non-hydrogen) atoms. The lowest BCUT2D eigenvalue weighted by atomic mass is 10.2. The standard InChI is InChI=1S/C12H11ClFN3/c1-7-5-8(15)6-16-12(7)17-11-9(13)3-2-4-10(11)14/h2-6H,15H2,1H3,(H,16,17). The molecule has 5 heteroatoms. The highest BCUT2D eigenvalue weighted by Crippen LogP contribution is 2.28. The molecular weight excluding hydrogens is 241 g/mol. The van der Waals surface area contributed by atoms with E-state index in [0.717, 1.165) is 5.56 Å². The number of halogens is 2. The van der Waals surface area contributed by atoms with E-state index in [1.54, 1.807) is 18.2 Å². The molecule has 0 aliphatic heterocycles. The highest BCUT2D eigenvalue weighted by Gasteiger charge is 2.09. The third-order valence-corrected chi connectivity index (χ3v) is 2.62. The molecule has 0 bridgehead atoms. The third-order valence-electron chi connectivity index (χ3n) is 2.31. The summed E-state index contributed by atoms with van der Waals surface area (Å²) in [5, 5.41) is 3.17. The van der Waals surface area contributed by atoms with Crippen LogP contribution in [-0.4, -0.2) is 4.98 Å². The fraction of sp³-hybridized carbons (Fsp3) is 0.0833. The van der Waals surface area contributed by atoms with Gasteiger partial charge in [0.1, 0.15) is 11.6 Å². The second-order valence-electron chi connectivity index (χ2n) is 3.66. The largest absolute Gasteiger partial charge is 0.397 e. The first-order valence-electron chi connectivity index (χ1n) is 5.01. The number of anilines is 3. The van der Waals surface area contributed by atoms with E-state index in [1.165, 1.54) is 12.3 Å². The van der Waals surface area contributed by atoms with Crippen LogP contribution in [0.25, 0.3) is 0 Å². The average Bonchev–Trinajstić information content (AvgIpc) is 2.26. The summed E-state index contributed by atoms with van der Waals surface area (Å²) in [4.78, 5) is 4.09. The zero-order chi connectivity index (χ0) is 12.4. The number of aryl methyl sites for hydroxylation is 1. The van der Waals surface area contributed by atoms with Gasteiger partial charge in [-0.1, -0.05) is 17.7 Å². The van der Waals surface area contributed by atoms with Crippen LogP contribution in [0.2, 0.25) is 5.02 Å². The molecule has 0 unspecified atom stereocenters. The number of nitrogens with two attached hydrogens (primary N) is 1. The van der Waals surface area contributed by atoms with Crippen LogP contribution in [0.4, 0.5) is 21.6 Å². The summed E-state index contributed by atoms with van der Waals surface area (Å²) in [6.45, 7) is 1.83. The van der Waals surface area contributed by atoms with Crippen molar-refractivity contribution in [3.63, 3.8) is 0 Å². The summed E-state index contributed by atoms with van der Waals surface area (Å²) in [5.74, 6) is 0.113. The normalized spacial score (nSPS) is 10.3. The predicted molar refractivity (Wildman–Crippen MR) is 68.1 cm³/mol. The third kappa shape index (κ3) is 2.47. The van der Waals surface area contributed by atoms with Crippen molar-refractivity contribution in [3.8, 4) is 0 Å². The molecule has 0 aliphatic carbocycles. The summed E-state index contributed by atoms with van der Waals surface area (Å²) in [6, 6.07) is 6.25. The lowest BCUT2D eigenvalue weighted by molar-refractivity contribution is 0.632. The van der Waals surface area contributed by atoms with E-state index in [4.69, 9.17) is 17.3 Å². The molecule has 1 aromatic carbocycles. The number of hydrogen-bond acceptors (Lipinski definition) is 3. The number of aromatic nitrogens is 1. The maximum absolute atomic E-state index is 13.5. The summed E-state index contributed by atoms with van der Waals surface area (Å²) in [5.41, 5.74) is 7.19. The number of para-hydroxylation sites is 1. The first-order chi connectivity index (χ1) is 8.08. The minimum Gasteiger partial charge on any atom is -0.397 e. The molecule has 0 saturated heterocycles. The van der Waals surface area contributed by atoms with Crippen LogP contribution < -0.4 is 11.1 Å². The molecule has 0 atom stereocenters. The molecule has 1 aromatic heterocycles. The van der Waals surface area contributed by atoms with Crippen molar-refractivity contribution in [1.29, 1.82) is 0 Å². The molecule has 0 fully saturated rings. The first kappa shape index (κ1) is 11.7. The van der Waals surface area contributed by atoms with E-state index in [2.05, 4.69) is 10.3 Å². The molecule has 2 rings (SSSR count). The van der Waals surface area contributed by atoms with Crippen molar-refractivity contribution >= 4 is 28.8 Å². The molecule has 88 valence electrons. The Hall–Kier alpha value is -1.81. The summed E-state index contributed by atoms with van der Waals surface area (Å²) in [6.07, 6.45) is 1.50. The average molecular weight is 252 g/mol. The first-order valence-corrected chi connectivity index (χ1v) is 5.39. The fourth-order valence-corrected chi connectivity index (χ4v) is 1.67. The van der Waals surface area contributed by atoms with Gasteiger partial charge in [-0.05, 0) is 30.7 Å². The Labute approximate surface area is 103 Å². The number of rotatable bonds is 2. The second-order valence-corrected chi connectivity index (χ2v) is 4.06. The zero-order valence-electron chi connectivity index (χ0n) is 9.17. The van der Waals surface area contributed by atoms with Crippen molar-refractivity contribution in [2.45, 2.75) is 6.92 Å². The number of hydrogen-bond donors (Lipinski definition) is 2. The Morgan fingerprint density at radius 2 is 2.18 bits per heavy atom. The molecule has 0 amide bonds. The maximum Gasteiger partial charge on any atom is 0.148 e. The van der Waals surface area contributed by atoms with Crippen LogP contribution in [0, 0.1) is 12.7 Å². The van der Waals surface area contributed by atoms with Gasteiger partial charge in [0.15, 0.2) is 0 Å². The van der Waals surface area contributed by atoms with Crippen LogP contribution in [0.1, 0.15) is 5.56 Å². The van der Waals surface area contributed by atoms with E-state index < -0.39 is 5.82 Å². The molecule has 3 nitrogen and oxygen atoms in total. The van der Waals surface area contributed by atoms with E-state index in [9.17, 15) is 4.39 Å². The van der Waals surface area contributed by atoms with Crippen molar-refractivity contribution < 1.29 is 4.39 Å². The smallest absolute Gasteiger partial charge is 0.148 e. The lowest BCUT2D eigenvalue weighted by Crippen LogP contribution is -2.00. The number of nitrogens with zero attached hydrogens (tertiary/aromatic N) is 1. The van der Waals surface area contributed by atoms with Crippen LogP contribution in [0.5, 0.6) is 0 Å². The van der Waals surface area contributed by atoms with E-state index >= 15 is 0 Å². The van der Waals surface area contributed by atoms with Gasteiger partial charge >= 0.3 is 0 Å². The fourth-order valence-electron chi connectivity index (χ4n) is 1.46. The van der Waals surface area contributed by atoms with Gasteiger partial charge in [0.05, 0.1) is 22.6 Å². The quantitative estimate of drug-likeness (QED) is 0.859. The Morgan fingerprint density at radius 3 is 2.82 bits per heavy atom. The predicted octanol–water partition coefficient (Wildman–Crippen LogP) is 3.51. The van der Waals surface area contributed by atoms with Gasteiger partial charge in [-0.3, -0.25) is 0 Å². The van der Waals surface area contributed by atoms with E-state index in [0.29, 0.717) is 16.5 Å². The summed E-state index contributed by atoms with van der Waals surface area (Å²) in [7, 11) is 0. The minimum absolute atomic E-state index is 0.217. The van der Waals surface area contributed by atoms with Gasteiger partial charge in [-0.15, -0.1) is 0 Å². The molecule has 2 aromatic rings. The van der Waals surface area contributed by atoms with Crippen molar-refractivity contribution in [2.24, 2.45) is 0 Å². The topological polar surface area (TPSA) is 50.9 Å². The van der Waals surface area contributed by atoms with Crippen LogP contribution >= 0.6 is 11.6 Å². The van der Waals surface area contributed by atoms with Gasteiger partial charge in [-0.2, -0.15) is 0 Å². The minimum atomic E-state index is -0.421. The SMILES string of the molecule is Cc1cc(N)cnc1Nc1c(F)cccc1Cl. The van der Waals surface area contributed by atoms with Crippen molar-refractivity contribution in [2.75, 3.05) is 11.1 Å². The summed E-state index contributed by atoms with van der Waals surface area (Å²) < 4.78 is 13.5. The molecule has 0 radical (unpaired) electrons. The van der Waals surface area contributed by atoms with Gasteiger partial charge < -0.3 is 11.1 Å². The Kier molecular flexibility index (Phi) is 3.15. The van der Waals surface area contributed by atoms with Gasteiger partial charge in [0.25, 0.3) is 0 Å². The van der Waals surface area contributed by atoms with Crippen LogP contribution in [0.15, 0.2) is 30.5 Å². The summed E-state index contributed by atoms with van der Waals surface area (Å²) >= 11 is 5.91. The Morgan fingerprint density at radius 1 is 1.41 bits per heavy atom.